The van der Waals surface area contributed by atoms with E-state index < -0.39 is 10.0 Å². The van der Waals surface area contributed by atoms with Crippen LogP contribution in [0.1, 0.15) is 24.6 Å². The first kappa shape index (κ1) is 15.3. The summed E-state index contributed by atoms with van der Waals surface area (Å²) in [5, 5.41) is 12.4. The van der Waals surface area contributed by atoms with Gasteiger partial charge in [0, 0.05) is 38.4 Å². The third-order valence-electron chi connectivity index (χ3n) is 4.41. The number of nitrogens with zero attached hydrogens (tertiary/aromatic N) is 6. The SMILES string of the molecule is Cn1cc(S(=O)(=O)N2CCC[C@@H](c3nnc4ccccn34)C2)cn1. The van der Waals surface area contributed by atoms with E-state index in [9.17, 15) is 8.42 Å². The third-order valence-corrected chi connectivity index (χ3v) is 6.23. The molecule has 1 saturated heterocycles. The predicted molar refractivity (Wildman–Crippen MR) is 86.9 cm³/mol. The molecule has 3 aromatic rings. The fourth-order valence-corrected chi connectivity index (χ4v) is 4.70. The molecule has 8 nitrogen and oxygen atoms in total. The van der Waals surface area contributed by atoms with Crippen LogP contribution >= 0.6 is 0 Å². The Balaban J connectivity index is 1.64. The van der Waals surface area contributed by atoms with Gasteiger partial charge in [0.1, 0.15) is 10.7 Å². The summed E-state index contributed by atoms with van der Waals surface area (Å²) in [5.41, 5.74) is 0.778. The standard InChI is InChI=1S/C15H18N6O2S/c1-19-11-13(9-16-19)24(22,23)20-7-4-5-12(10-20)15-18-17-14-6-2-3-8-21(14)15/h2-3,6,8-9,11-12H,4-5,7,10H2,1H3/t12-/m1/s1. The van der Waals surface area contributed by atoms with E-state index >= 15 is 0 Å². The Bertz CT molecular complexity index is 977. The molecule has 24 heavy (non-hydrogen) atoms. The first-order chi connectivity index (χ1) is 11.6. The van der Waals surface area contributed by atoms with E-state index in [-0.39, 0.29) is 10.8 Å². The highest BCUT2D eigenvalue weighted by Crippen LogP contribution is 2.29. The molecule has 0 spiro atoms. The number of hydrogen-bond acceptors (Lipinski definition) is 5. The van der Waals surface area contributed by atoms with Crippen LogP contribution in [-0.2, 0) is 17.1 Å². The van der Waals surface area contributed by atoms with Crippen molar-refractivity contribution >= 4 is 15.7 Å². The van der Waals surface area contributed by atoms with Gasteiger partial charge in [-0.25, -0.2) is 8.42 Å². The summed E-state index contributed by atoms with van der Waals surface area (Å²) in [4.78, 5) is 0.233. The minimum absolute atomic E-state index is 0.0302. The number of sulfonamides is 1. The average Bonchev–Trinajstić information content (AvgIpc) is 3.21. The molecule has 0 amide bonds. The number of hydrogen-bond donors (Lipinski definition) is 0. The van der Waals surface area contributed by atoms with Crippen molar-refractivity contribution in [3.63, 3.8) is 0 Å². The molecule has 0 radical (unpaired) electrons. The van der Waals surface area contributed by atoms with Crippen molar-refractivity contribution in [3.8, 4) is 0 Å². The van der Waals surface area contributed by atoms with Crippen molar-refractivity contribution in [1.29, 1.82) is 0 Å². The van der Waals surface area contributed by atoms with Crippen LogP contribution in [0, 0.1) is 0 Å². The van der Waals surface area contributed by atoms with Crippen molar-refractivity contribution in [3.05, 3.63) is 42.6 Å². The van der Waals surface area contributed by atoms with Crippen LogP contribution in [0.3, 0.4) is 0 Å². The van der Waals surface area contributed by atoms with Gasteiger partial charge in [0.25, 0.3) is 0 Å². The lowest BCUT2D eigenvalue weighted by molar-refractivity contribution is 0.308. The number of rotatable bonds is 3. The lowest BCUT2D eigenvalue weighted by Gasteiger charge is -2.30. The highest BCUT2D eigenvalue weighted by atomic mass is 32.2. The summed E-state index contributed by atoms with van der Waals surface area (Å²) in [6.45, 7) is 0.928. The molecule has 126 valence electrons. The molecular weight excluding hydrogens is 328 g/mol. The number of piperidine rings is 1. The predicted octanol–water partition coefficient (Wildman–Crippen LogP) is 1.03. The minimum Gasteiger partial charge on any atom is -0.286 e. The summed E-state index contributed by atoms with van der Waals surface area (Å²) < 4.78 is 30.6. The molecule has 0 aromatic carbocycles. The van der Waals surface area contributed by atoms with Crippen LogP contribution in [0.25, 0.3) is 5.65 Å². The van der Waals surface area contributed by atoms with Crippen molar-refractivity contribution in [2.24, 2.45) is 7.05 Å². The molecular formula is C15H18N6O2S. The van der Waals surface area contributed by atoms with E-state index in [1.807, 2.05) is 28.8 Å². The lowest BCUT2D eigenvalue weighted by Crippen LogP contribution is -2.39. The normalized spacial score (nSPS) is 19.8. The van der Waals surface area contributed by atoms with Crippen LogP contribution in [0.15, 0.2) is 41.7 Å². The summed E-state index contributed by atoms with van der Waals surface area (Å²) in [6.07, 6.45) is 6.54. The molecule has 0 bridgehead atoms. The van der Waals surface area contributed by atoms with Crippen LogP contribution in [-0.4, -0.2) is 50.2 Å². The average molecular weight is 346 g/mol. The maximum atomic E-state index is 12.8. The zero-order valence-electron chi connectivity index (χ0n) is 13.3. The first-order valence-electron chi connectivity index (χ1n) is 7.84. The van der Waals surface area contributed by atoms with Crippen molar-refractivity contribution < 1.29 is 8.42 Å². The number of aryl methyl sites for hydroxylation is 1. The molecule has 0 aliphatic carbocycles. The van der Waals surface area contributed by atoms with Gasteiger partial charge in [-0.15, -0.1) is 10.2 Å². The van der Waals surface area contributed by atoms with Gasteiger partial charge < -0.3 is 0 Å². The molecule has 1 atom stereocenters. The molecule has 0 N–H and O–H groups in total. The summed E-state index contributed by atoms with van der Waals surface area (Å²) in [7, 11) is -1.82. The quantitative estimate of drug-likeness (QED) is 0.707. The van der Waals surface area contributed by atoms with Gasteiger partial charge in [0.15, 0.2) is 5.65 Å². The van der Waals surface area contributed by atoms with E-state index in [0.717, 1.165) is 24.3 Å². The van der Waals surface area contributed by atoms with Gasteiger partial charge in [0.05, 0.1) is 6.20 Å². The van der Waals surface area contributed by atoms with E-state index in [0.29, 0.717) is 13.1 Å². The Morgan fingerprint density at radius 3 is 2.92 bits per heavy atom. The monoisotopic (exact) mass is 346 g/mol. The largest absolute Gasteiger partial charge is 0.286 e. The van der Waals surface area contributed by atoms with Crippen molar-refractivity contribution in [2.45, 2.75) is 23.7 Å². The molecule has 1 aliphatic heterocycles. The van der Waals surface area contributed by atoms with E-state index in [1.165, 1.54) is 21.4 Å². The smallest absolute Gasteiger partial charge is 0.246 e. The summed E-state index contributed by atoms with van der Waals surface area (Å²) >= 11 is 0. The molecule has 4 heterocycles. The molecule has 0 unspecified atom stereocenters. The first-order valence-corrected chi connectivity index (χ1v) is 9.28. The van der Waals surface area contributed by atoms with Gasteiger partial charge in [-0.05, 0) is 25.0 Å². The maximum absolute atomic E-state index is 12.8. The third kappa shape index (κ3) is 2.49. The van der Waals surface area contributed by atoms with Crippen LogP contribution in [0.2, 0.25) is 0 Å². The van der Waals surface area contributed by atoms with Crippen molar-refractivity contribution in [2.75, 3.05) is 13.1 Å². The van der Waals surface area contributed by atoms with Crippen molar-refractivity contribution in [1.82, 2.24) is 28.7 Å². The number of fused-ring (bicyclic) bond motifs is 1. The molecule has 4 rings (SSSR count). The molecule has 9 heteroatoms. The summed E-state index contributed by atoms with van der Waals surface area (Å²) in [6, 6.07) is 5.73. The van der Waals surface area contributed by atoms with Crippen LogP contribution in [0.5, 0.6) is 0 Å². The zero-order chi connectivity index (χ0) is 16.7. The van der Waals surface area contributed by atoms with Gasteiger partial charge in [0.2, 0.25) is 10.0 Å². The second-order valence-corrected chi connectivity index (χ2v) is 7.98. The minimum atomic E-state index is -3.53. The van der Waals surface area contributed by atoms with Crippen LogP contribution in [0.4, 0.5) is 0 Å². The van der Waals surface area contributed by atoms with E-state index in [4.69, 9.17) is 0 Å². The van der Waals surface area contributed by atoms with E-state index in [2.05, 4.69) is 15.3 Å². The topological polar surface area (TPSA) is 85.4 Å². The Kier molecular flexibility index (Phi) is 3.61. The Morgan fingerprint density at radius 1 is 1.25 bits per heavy atom. The molecule has 1 aliphatic rings. The van der Waals surface area contributed by atoms with Crippen LogP contribution < -0.4 is 0 Å². The second kappa shape index (κ2) is 5.67. The van der Waals surface area contributed by atoms with Gasteiger partial charge in [-0.1, -0.05) is 6.07 Å². The summed E-state index contributed by atoms with van der Waals surface area (Å²) in [5.74, 6) is 0.847. The fraction of sp³-hybridized carbons (Fsp3) is 0.400. The van der Waals surface area contributed by atoms with Gasteiger partial charge in [-0.2, -0.15) is 9.40 Å². The zero-order valence-corrected chi connectivity index (χ0v) is 14.1. The second-order valence-electron chi connectivity index (χ2n) is 6.04. The molecule has 1 fully saturated rings. The number of pyridine rings is 1. The van der Waals surface area contributed by atoms with Gasteiger partial charge in [-0.3, -0.25) is 9.08 Å². The lowest BCUT2D eigenvalue weighted by atomic mass is 9.99. The number of aromatic nitrogens is 5. The fourth-order valence-electron chi connectivity index (χ4n) is 3.19. The molecule has 0 saturated carbocycles. The Morgan fingerprint density at radius 2 is 2.12 bits per heavy atom. The Hall–Kier alpha value is -2.26. The highest BCUT2D eigenvalue weighted by molar-refractivity contribution is 7.89. The van der Waals surface area contributed by atoms with Gasteiger partial charge >= 0.3 is 0 Å². The molecule has 3 aromatic heterocycles. The highest BCUT2D eigenvalue weighted by Gasteiger charge is 2.33. The Labute approximate surface area is 139 Å². The maximum Gasteiger partial charge on any atom is 0.246 e. The van der Waals surface area contributed by atoms with E-state index in [1.54, 1.807) is 7.05 Å².